The fourth-order valence-electron chi connectivity index (χ4n) is 1.98. The highest BCUT2D eigenvalue weighted by atomic mass is 32.2. The number of hydrogen-bond donors (Lipinski definition) is 1. The van der Waals surface area contributed by atoms with Gasteiger partial charge in [-0.25, -0.2) is 30.6 Å². The molecule has 132 valence electrons. The van der Waals surface area contributed by atoms with E-state index in [4.69, 9.17) is 0 Å². The van der Waals surface area contributed by atoms with Crippen molar-refractivity contribution in [1.29, 1.82) is 0 Å². The maximum absolute atomic E-state index is 13.2. The number of fused-ring (bicyclic) bond motifs is 1. The number of sulfonamides is 1. The Labute approximate surface area is 146 Å². The summed E-state index contributed by atoms with van der Waals surface area (Å²) in [6, 6.07) is 6.50. The summed E-state index contributed by atoms with van der Waals surface area (Å²) in [4.78, 5) is 3.53. The van der Waals surface area contributed by atoms with Gasteiger partial charge in [-0.1, -0.05) is 0 Å². The fourth-order valence-corrected chi connectivity index (χ4v) is 4.92. The minimum Gasteiger partial charge on any atom is -0.280 e. The Bertz CT molecular complexity index is 1190. The minimum atomic E-state index is -4.13. The smallest absolute Gasteiger partial charge is 0.261 e. The lowest BCUT2D eigenvalue weighted by Crippen LogP contribution is -2.13. The first kappa shape index (κ1) is 17.7. The Hall–Kier alpha value is -2.11. The van der Waals surface area contributed by atoms with E-state index >= 15 is 0 Å². The Kier molecular flexibility index (Phi) is 4.25. The lowest BCUT2D eigenvalue weighted by molar-refractivity contribution is 0.504. The molecule has 0 amide bonds. The number of halogens is 2. The Balaban J connectivity index is 1.97. The summed E-state index contributed by atoms with van der Waals surface area (Å²) in [5, 5.41) is 0. The molecule has 6 nitrogen and oxygen atoms in total. The quantitative estimate of drug-likeness (QED) is 0.722. The van der Waals surface area contributed by atoms with Crippen LogP contribution in [0, 0.1) is 11.6 Å². The zero-order valence-electron chi connectivity index (χ0n) is 12.5. The van der Waals surface area contributed by atoms with Crippen molar-refractivity contribution in [2.75, 3.05) is 11.0 Å². The molecule has 0 saturated carbocycles. The van der Waals surface area contributed by atoms with Gasteiger partial charge in [0.25, 0.3) is 10.0 Å². The van der Waals surface area contributed by atoms with Gasteiger partial charge in [-0.05, 0) is 36.4 Å². The van der Waals surface area contributed by atoms with Crippen molar-refractivity contribution < 1.29 is 25.6 Å². The molecule has 2 aromatic carbocycles. The third-order valence-electron chi connectivity index (χ3n) is 3.14. The van der Waals surface area contributed by atoms with Crippen LogP contribution < -0.4 is 4.72 Å². The van der Waals surface area contributed by atoms with Crippen LogP contribution in [-0.4, -0.2) is 28.1 Å². The van der Waals surface area contributed by atoms with Crippen molar-refractivity contribution in [2.24, 2.45) is 0 Å². The van der Waals surface area contributed by atoms with Crippen molar-refractivity contribution in [1.82, 2.24) is 4.98 Å². The van der Waals surface area contributed by atoms with Gasteiger partial charge in [-0.15, -0.1) is 11.3 Å². The Morgan fingerprint density at radius 2 is 1.72 bits per heavy atom. The van der Waals surface area contributed by atoms with Gasteiger partial charge in [0.05, 0.1) is 20.8 Å². The number of aromatic nitrogens is 1. The van der Waals surface area contributed by atoms with Gasteiger partial charge in [-0.3, -0.25) is 4.72 Å². The summed E-state index contributed by atoms with van der Waals surface area (Å²) < 4.78 is 76.4. The van der Waals surface area contributed by atoms with E-state index in [1.807, 2.05) is 0 Å². The van der Waals surface area contributed by atoms with E-state index < -0.39 is 36.4 Å². The number of rotatable bonds is 4. The van der Waals surface area contributed by atoms with E-state index in [0.717, 1.165) is 23.7 Å². The van der Waals surface area contributed by atoms with Gasteiger partial charge in [0.15, 0.2) is 11.6 Å². The van der Waals surface area contributed by atoms with Gasteiger partial charge in [0.2, 0.25) is 14.2 Å². The minimum absolute atomic E-state index is 0.0805. The molecule has 0 aliphatic carbocycles. The molecule has 3 rings (SSSR count). The molecule has 0 bridgehead atoms. The molecular formula is C14H10F2N2O4S3. The molecule has 0 unspecified atom stereocenters. The molecule has 1 heterocycles. The first-order chi connectivity index (χ1) is 11.6. The number of benzene rings is 2. The maximum atomic E-state index is 13.2. The van der Waals surface area contributed by atoms with Crippen molar-refractivity contribution in [3.05, 3.63) is 48.0 Å². The van der Waals surface area contributed by atoms with Crippen molar-refractivity contribution in [3.8, 4) is 0 Å². The highest BCUT2D eigenvalue weighted by Gasteiger charge is 2.18. The summed E-state index contributed by atoms with van der Waals surface area (Å²) in [6.07, 6.45) is 1.03. The molecule has 0 radical (unpaired) electrons. The van der Waals surface area contributed by atoms with Crippen LogP contribution in [0.15, 0.2) is 45.6 Å². The SMILES string of the molecule is CS(=O)(=O)c1nc2ccc(NS(=O)(=O)c3ccc(F)c(F)c3)cc2s1. The van der Waals surface area contributed by atoms with Gasteiger partial charge in [-0.2, -0.15) is 0 Å². The molecule has 0 atom stereocenters. The van der Waals surface area contributed by atoms with E-state index in [9.17, 15) is 25.6 Å². The number of anilines is 1. The van der Waals surface area contributed by atoms with Crippen LogP contribution >= 0.6 is 11.3 Å². The molecule has 25 heavy (non-hydrogen) atoms. The molecule has 0 aliphatic rings. The van der Waals surface area contributed by atoms with Crippen LogP contribution in [0.2, 0.25) is 0 Å². The zero-order chi connectivity index (χ0) is 18.4. The van der Waals surface area contributed by atoms with Crippen LogP contribution in [0.1, 0.15) is 0 Å². The third kappa shape index (κ3) is 3.62. The summed E-state index contributed by atoms with van der Waals surface area (Å²) in [5.74, 6) is -2.43. The molecule has 1 aromatic heterocycles. The molecule has 3 aromatic rings. The van der Waals surface area contributed by atoms with E-state index in [1.54, 1.807) is 0 Å². The normalized spacial score (nSPS) is 12.4. The molecular weight excluding hydrogens is 394 g/mol. The highest BCUT2D eigenvalue weighted by Crippen LogP contribution is 2.29. The number of sulfone groups is 1. The van der Waals surface area contributed by atoms with Crippen LogP contribution in [0.3, 0.4) is 0 Å². The first-order valence-corrected chi connectivity index (χ1v) is 10.8. The second-order valence-corrected chi connectivity index (χ2v) is 10.0. The van der Waals surface area contributed by atoms with Crippen LogP contribution in [-0.2, 0) is 19.9 Å². The summed E-state index contributed by atoms with van der Waals surface area (Å²) in [5.41, 5.74) is 0.544. The van der Waals surface area contributed by atoms with Crippen LogP contribution in [0.4, 0.5) is 14.5 Å². The Morgan fingerprint density at radius 3 is 2.36 bits per heavy atom. The Morgan fingerprint density at radius 1 is 1.00 bits per heavy atom. The molecule has 0 aliphatic heterocycles. The first-order valence-electron chi connectivity index (χ1n) is 6.65. The predicted molar refractivity (Wildman–Crippen MR) is 89.9 cm³/mol. The lowest BCUT2D eigenvalue weighted by atomic mass is 10.3. The maximum Gasteiger partial charge on any atom is 0.261 e. The number of nitrogens with one attached hydrogen (secondary N) is 1. The van der Waals surface area contributed by atoms with E-state index in [2.05, 4.69) is 9.71 Å². The second-order valence-electron chi connectivity index (χ2n) is 5.12. The van der Waals surface area contributed by atoms with Crippen molar-refractivity contribution in [3.63, 3.8) is 0 Å². The highest BCUT2D eigenvalue weighted by molar-refractivity contribution is 7.93. The molecule has 0 saturated heterocycles. The summed E-state index contributed by atoms with van der Waals surface area (Å²) >= 11 is 0.901. The standard InChI is InChI=1S/C14H10F2N2O4S3/c1-24(19,20)14-17-12-5-2-8(6-13(12)23-14)18-25(21,22)9-3-4-10(15)11(16)7-9/h2-7,18H,1H3. The van der Waals surface area contributed by atoms with Crippen molar-refractivity contribution >= 4 is 47.1 Å². The monoisotopic (exact) mass is 404 g/mol. The topological polar surface area (TPSA) is 93.2 Å². The van der Waals surface area contributed by atoms with E-state index in [-0.39, 0.29) is 10.0 Å². The largest absolute Gasteiger partial charge is 0.280 e. The average Bonchev–Trinajstić information content (AvgIpc) is 2.93. The van der Waals surface area contributed by atoms with Gasteiger partial charge < -0.3 is 0 Å². The number of nitrogens with zero attached hydrogens (tertiary/aromatic N) is 1. The van der Waals surface area contributed by atoms with E-state index in [0.29, 0.717) is 22.3 Å². The molecule has 1 N–H and O–H groups in total. The lowest BCUT2D eigenvalue weighted by Gasteiger charge is -2.08. The van der Waals surface area contributed by atoms with E-state index in [1.165, 1.54) is 18.2 Å². The molecule has 0 fully saturated rings. The second kappa shape index (κ2) is 6.00. The molecule has 11 heteroatoms. The summed E-state index contributed by atoms with van der Waals surface area (Å²) in [7, 11) is -7.61. The summed E-state index contributed by atoms with van der Waals surface area (Å²) in [6.45, 7) is 0. The number of hydrogen-bond acceptors (Lipinski definition) is 6. The fraction of sp³-hybridized carbons (Fsp3) is 0.0714. The third-order valence-corrected chi connectivity index (χ3v) is 7.22. The predicted octanol–water partition coefficient (Wildman–Crippen LogP) is 2.78. The van der Waals surface area contributed by atoms with Gasteiger partial charge >= 0.3 is 0 Å². The van der Waals surface area contributed by atoms with Crippen molar-refractivity contribution in [2.45, 2.75) is 9.24 Å². The van der Waals surface area contributed by atoms with Gasteiger partial charge in [0, 0.05) is 6.26 Å². The van der Waals surface area contributed by atoms with Crippen LogP contribution in [0.5, 0.6) is 0 Å². The van der Waals surface area contributed by atoms with Gasteiger partial charge in [0.1, 0.15) is 0 Å². The number of thiazole rings is 1. The zero-order valence-corrected chi connectivity index (χ0v) is 15.0. The molecule has 0 spiro atoms. The average molecular weight is 404 g/mol. The van der Waals surface area contributed by atoms with Crippen LogP contribution in [0.25, 0.3) is 10.2 Å².